The number of benzene rings is 13. The van der Waals surface area contributed by atoms with E-state index < -0.39 is 30.3 Å². The van der Waals surface area contributed by atoms with Crippen molar-refractivity contribution >= 4 is 0 Å². The highest BCUT2D eigenvalue weighted by Gasteiger charge is 2.47. The number of aliphatic hydroxyl groups is 2. The average Bonchev–Trinajstić information content (AvgIpc) is 0.722. The van der Waals surface area contributed by atoms with Gasteiger partial charge in [-0.2, -0.15) is 0 Å². The Labute approximate surface area is 617 Å². The van der Waals surface area contributed by atoms with Gasteiger partial charge < -0.3 is 62.3 Å². The molecule has 106 heavy (non-hydrogen) atoms. The minimum atomic E-state index is -1.47. The highest BCUT2D eigenvalue weighted by atomic mass is 16.6. The summed E-state index contributed by atoms with van der Waals surface area (Å²) in [6, 6.07) is 104. The van der Waals surface area contributed by atoms with Gasteiger partial charge in [-0.1, -0.05) is 279 Å². The summed E-state index contributed by atoms with van der Waals surface area (Å²) in [5.41, 5.74) is 10.9. The lowest BCUT2D eigenvalue weighted by Crippen LogP contribution is -2.37. The van der Waals surface area contributed by atoms with Crippen LogP contribution in [0.25, 0.3) is 0 Å². The van der Waals surface area contributed by atoms with E-state index in [4.69, 9.17) is 52.1 Å². The van der Waals surface area contributed by atoms with Crippen LogP contribution in [0.3, 0.4) is 0 Å². The first-order valence-electron chi connectivity index (χ1n) is 35.8. The van der Waals surface area contributed by atoms with Gasteiger partial charge in [0, 0.05) is 46.9 Å². The van der Waals surface area contributed by atoms with Crippen molar-refractivity contribution in [1.29, 1.82) is 0 Å². The van der Waals surface area contributed by atoms with Gasteiger partial charge in [0.05, 0.1) is 12.0 Å². The minimum Gasteiger partial charge on any atom is -0.489 e. The molecule has 0 bridgehead atoms. The molecule has 0 aromatic heterocycles. The molecule has 13 aromatic carbocycles. The normalized spacial score (nSPS) is 15.6. The molecule has 2 aliphatic rings. The maximum atomic E-state index is 14.3. The van der Waals surface area contributed by atoms with Crippen molar-refractivity contribution in [3.63, 3.8) is 0 Å². The van der Waals surface area contributed by atoms with Crippen LogP contribution in [0.4, 0.5) is 0 Å². The average molecular weight is 1410 g/mol. The van der Waals surface area contributed by atoms with E-state index in [1.807, 2.05) is 322 Å². The molecule has 5 atom stereocenters. The summed E-state index contributed by atoms with van der Waals surface area (Å²) in [7, 11) is 0. The maximum Gasteiger partial charge on any atom is 0.203 e. The second-order valence-corrected chi connectivity index (χ2v) is 26.3. The predicted octanol–water partition coefficient (Wildman–Crippen LogP) is 19.6. The summed E-state index contributed by atoms with van der Waals surface area (Å²) >= 11 is 0. The van der Waals surface area contributed by atoms with Crippen LogP contribution in [0, 0.1) is 0 Å². The van der Waals surface area contributed by atoms with E-state index in [0.29, 0.717) is 91.1 Å². The molecule has 0 radical (unpaired) electrons. The van der Waals surface area contributed by atoms with Crippen molar-refractivity contribution in [2.24, 2.45) is 0 Å². The zero-order valence-corrected chi connectivity index (χ0v) is 58.4. The molecular formula is C93H80O13. The van der Waals surface area contributed by atoms with Gasteiger partial charge in [0.25, 0.3) is 0 Å². The van der Waals surface area contributed by atoms with Crippen molar-refractivity contribution in [3.05, 3.63) is 399 Å². The monoisotopic (exact) mass is 1400 g/mol. The zero-order valence-electron chi connectivity index (χ0n) is 58.4. The molecule has 2 heterocycles. The van der Waals surface area contributed by atoms with Crippen molar-refractivity contribution in [2.45, 2.75) is 96.2 Å². The van der Waals surface area contributed by atoms with E-state index in [2.05, 4.69) is 0 Å². The van der Waals surface area contributed by atoms with E-state index in [0.717, 1.165) is 50.1 Å². The molecular weight excluding hydrogens is 1330 g/mol. The van der Waals surface area contributed by atoms with Gasteiger partial charge in [-0.15, -0.1) is 0 Å². The van der Waals surface area contributed by atoms with Gasteiger partial charge in [0.2, 0.25) is 5.75 Å². The molecule has 0 amide bonds. The van der Waals surface area contributed by atoms with Gasteiger partial charge in [-0.05, 0) is 79.9 Å². The number of rotatable bonds is 30. The maximum absolute atomic E-state index is 14.3. The molecule has 13 nitrogen and oxygen atoms in total. The topological polar surface area (TPSA) is 142 Å². The molecule has 0 spiro atoms. The highest BCUT2D eigenvalue weighted by Crippen LogP contribution is 2.59. The first-order chi connectivity index (χ1) is 52.3. The molecule has 0 unspecified atom stereocenters. The van der Waals surface area contributed by atoms with E-state index in [9.17, 15) is 10.2 Å². The lowest BCUT2D eigenvalue weighted by Gasteiger charge is -2.41. The lowest BCUT2D eigenvalue weighted by atomic mass is 9.77. The van der Waals surface area contributed by atoms with Crippen molar-refractivity contribution in [2.75, 3.05) is 0 Å². The Balaban J connectivity index is 0.934. The fraction of sp³-hybridized carbons (Fsp3) is 0.161. The largest absolute Gasteiger partial charge is 0.489 e. The minimum absolute atomic E-state index is 0.00848. The van der Waals surface area contributed by atoms with Crippen LogP contribution < -0.4 is 52.1 Å². The third kappa shape index (κ3) is 17.1. The SMILES string of the molecule is O[C@H]1[C@@H](c2c(OCc3ccccc3)cc(OCc3ccccc3)c3c2O[C@H](c2cc(OCc4ccccc4)c(OCc4ccccc4)c(OCc4ccccc4)c2)[C@@H](O)C3)c2c(OCc3ccccc3)cc(OCc3ccccc3)cc2O[C@@H]1c1ccc(OCc2ccccc2)c(OCc2ccccc2)c1. The van der Waals surface area contributed by atoms with Crippen LogP contribution in [-0.2, 0) is 65.9 Å². The summed E-state index contributed by atoms with van der Waals surface area (Å²) in [4.78, 5) is 0. The van der Waals surface area contributed by atoms with Gasteiger partial charge in [-0.3, -0.25) is 0 Å². The number of hydrogen-bond donors (Lipinski definition) is 2. The summed E-state index contributed by atoms with van der Waals surface area (Å²) in [6.07, 6.45) is -4.96. The quantitative estimate of drug-likeness (QED) is 0.0441. The van der Waals surface area contributed by atoms with E-state index in [-0.39, 0.29) is 65.9 Å². The smallest absolute Gasteiger partial charge is 0.203 e. The Bertz CT molecular complexity index is 4900. The van der Waals surface area contributed by atoms with Crippen LogP contribution in [-0.4, -0.2) is 22.4 Å². The Morgan fingerprint density at radius 2 is 0.613 bits per heavy atom. The van der Waals surface area contributed by atoms with Crippen LogP contribution in [0.5, 0.6) is 63.2 Å². The van der Waals surface area contributed by atoms with Gasteiger partial charge in [-0.25, -0.2) is 0 Å². The van der Waals surface area contributed by atoms with Crippen LogP contribution in [0.2, 0.25) is 0 Å². The molecule has 0 aliphatic carbocycles. The van der Waals surface area contributed by atoms with Crippen molar-refractivity contribution in [1.82, 2.24) is 0 Å². The second kappa shape index (κ2) is 33.8. The Kier molecular flexibility index (Phi) is 22.1. The Hall–Kier alpha value is -12.4. The standard InChI is InChI=1S/C93H80O13/c94-77-53-76-79(98-57-66-32-14-3-15-33-66)54-82(101-60-69-38-20-6-21-39-69)87(92(76)106-90(77)74-49-84(102-61-70-40-22-7-23-41-70)93(104-63-72-44-26-9-27-45-72)85(50-74)103-62-71-42-24-8-25-43-71)88-86-81(100-59-68-36-18-5-19-37-68)51-75(96-55-64-28-10-1-11-29-64)52-83(86)105-91(89(88)95)73-46-47-78(97-56-65-30-12-2-13-31-65)80(48-73)99-58-67-34-16-4-17-35-67/h1-52,54,77,88-91,94-95H,53,55-63H2/t77-,88+,89-,90+,91+/m0/s1. The molecule has 2 N–H and O–H groups in total. The third-order valence-corrected chi connectivity index (χ3v) is 18.8. The molecule has 0 saturated heterocycles. The molecule has 15 rings (SSSR count). The molecule has 13 heteroatoms. The summed E-state index contributed by atoms with van der Waals surface area (Å²) in [5.74, 6) is 3.11. The van der Waals surface area contributed by atoms with Gasteiger partial charge in [0.15, 0.2) is 35.2 Å². The highest BCUT2D eigenvalue weighted by molar-refractivity contribution is 5.67. The first-order valence-corrected chi connectivity index (χ1v) is 35.8. The fourth-order valence-corrected chi connectivity index (χ4v) is 13.3. The summed E-state index contributed by atoms with van der Waals surface area (Å²) in [6.45, 7) is 1.65. The Morgan fingerprint density at radius 1 is 0.274 bits per heavy atom. The molecule has 0 fully saturated rings. The van der Waals surface area contributed by atoms with E-state index in [1.54, 1.807) is 0 Å². The predicted molar refractivity (Wildman–Crippen MR) is 407 cm³/mol. The fourth-order valence-electron chi connectivity index (χ4n) is 13.3. The summed E-state index contributed by atoms with van der Waals surface area (Å²) in [5, 5.41) is 27.5. The molecule has 530 valence electrons. The van der Waals surface area contributed by atoms with Crippen LogP contribution in [0.1, 0.15) is 96.0 Å². The number of aliphatic hydroxyl groups excluding tert-OH is 2. The van der Waals surface area contributed by atoms with Gasteiger partial charge in [0.1, 0.15) is 100 Å². The summed E-state index contributed by atoms with van der Waals surface area (Å²) < 4.78 is 77.3. The molecule has 2 aliphatic heterocycles. The van der Waals surface area contributed by atoms with Crippen LogP contribution in [0.15, 0.2) is 322 Å². The number of hydrogen-bond acceptors (Lipinski definition) is 13. The van der Waals surface area contributed by atoms with Crippen molar-refractivity contribution < 1.29 is 62.3 Å². The number of ether oxygens (including phenoxy) is 11. The zero-order chi connectivity index (χ0) is 71.6. The molecule has 13 aromatic rings. The second-order valence-electron chi connectivity index (χ2n) is 26.3. The number of fused-ring (bicyclic) bond motifs is 2. The third-order valence-electron chi connectivity index (χ3n) is 18.8. The van der Waals surface area contributed by atoms with E-state index >= 15 is 0 Å². The van der Waals surface area contributed by atoms with Crippen LogP contribution >= 0.6 is 0 Å². The van der Waals surface area contributed by atoms with Crippen molar-refractivity contribution in [3.8, 4) is 63.2 Å². The van der Waals surface area contributed by atoms with E-state index in [1.165, 1.54) is 0 Å². The Morgan fingerprint density at radius 3 is 1.03 bits per heavy atom. The lowest BCUT2D eigenvalue weighted by molar-refractivity contribution is 0.000487. The first kappa shape index (κ1) is 69.3. The van der Waals surface area contributed by atoms with Gasteiger partial charge >= 0.3 is 0 Å². The molecule has 0 saturated carbocycles.